The first kappa shape index (κ1) is 2.85. The third-order valence-corrected chi connectivity index (χ3v) is 0.634. The van der Waals surface area contributed by atoms with E-state index in [1.54, 1.807) is 0 Å². The van der Waals surface area contributed by atoms with Crippen molar-refractivity contribution < 1.29 is 8.91 Å². The molecular formula is C6H12O. The fourth-order valence-corrected chi connectivity index (χ4v) is 0.282. The van der Waals surface area contributed by atoms with Crippen LogP contribution in [0.3, 0.4) is 0 Å². The monoisotopic (exact) mass is 103 g/mol. The van der Waals surface area contributed by atoms with E-state index in [0.29, 0.717) is 19.1 Å². The average Bonchev–Trinajstić information content (AvgIpc) is 1.99. The van der Waals surface area contributed by atoms with Gasteiger partial charge in [-0.25, -0.2) is 0 Å². The summed E-state index contributed by atoms with van der Waals surface area (Å²) in [7, 11) is 0. The third-order valence-electron chi connectivity index (χ3n) is 0.634. The summed E-state index contributed by atoms with van der Waals surface area (Å²) >= 11 is 0. The lowest BCUT2D eigenvalue weighted by Crippen LogP contribution is -1.73. The first-order valence-corrected chi connectivity index (χ1v) is 2.29. The van der Waals surface area contributed by atoms with Gasteiger partial charge in [0.2, 0.25) is 0 Å². The highest BCUT2D eigenvalue weighted by atomic mass is 16.1. The SMILES string of the molecule is [2H]CC([2H])CC[C@@H]([2H])C=O. The Labute approximate surface area is 48.9 Å². The van der Waals surface area contributed by atoms with Gasteiger partial charge in [-0.3, -0.25) is 0 Å². The molecule has 0 saturated carbocycles. The molecule has 1 nitrogen and oxygen atoms in total. The minimum Gasteiger partial charge on any atom is -0.303 e. The summed E-state index contributed by atoms with van der Waals surface area (Å²) < 4.78 is 20.9. The second-order valence-electron chi connectivity index (χ2n) is 1.24. The van der Waals surface area contributed by atoms with Crippen LogP contribution in [0.5, 0.6) is 0 Å². The van der Waals surface area contributed by atoms with Crippen molar-refractivity contribution in [1.82, 2.24) is 0 Å². The fourth-order valence-electron chi connectivity index (χ4n) is 0.282. The largest absolute Gasteiger partial charge is 0.303 e. The van der Waals surface area contributed by atoms with Gasteiger partial charge in [-0.15, -0.1) is 0 Å². The Balaban J connectivity index is 3.25. The van der Waals surface area contributed by atoms with E-state index in [2.05, 4.69) is 0 Å². The van der Waals surface area contributed by atoms with Gasteiger partial charge in [0.05, 0.1) is 0 Å². The standard InChI is InChI=1S/C6H12O/c1-2-3-4-5-6-7/h6H,2-5H2,1H3/i1D,2D,5D/t2?,5-/m1/s1. The molecule has 1 heteroatoms. The molecule has 0 heterocycles. The van der Waals surface area contributed by atoms with Gasteiger partial charge in [-0.2, -0.15) is 0 Å². The zero-order chi connectivity index (χ0) is 7.98. The summed E-state index contributed by atoms with van der Waals surface area (Å²) in [5, 5.41) is 0. The maximum absolute atomic E-state index is 9.91. The van der Waals surface area contributed by atoms with Crippen LogP contribution in [0.2, 0.25) is 0 Å². The van der Waals surface area contributed by atoms with E-state index in [1.807, 2.05) is 0 Å². The van der Waals surface area contributed by atoms with Crippen LogP contribution in [0.15, 0.2) is 0 Å². The molecule has 0 fully saturated rings. The Morgan fingerprint density at radius 1 is 1.86 bits per heavy atom. The minimum absolute atomic E-state index is 0.0611. The Kier molecular flexibility index (Phi) is 2.31. The van der Waals surface area contributed by atoms with E-state index in [4.69, 9.17) is 4.11 Å². The number of carbonyl (C=O) groups excluding carboxylic acids is 1. The second kappa shape index (κ2) is 5.67. The summed E-state index contributed by atoms with van der Waals surface area (Å²) in [6.45, 7) is 0.0611. The number of aldehydes is 1. The van der Waals surface area contributed by atoms with Crippen molar-refractivity contribution in [1.29, 1.82) is 0 Å². The number of hydrogen-bond donors (Lipinski definition) is 0. The van der Waals surface area contributed by atoms with E-state index >= 15 is 0 Å². The summed E-state index contributed by atoms with van der Waals surface area (Å²) in [6.07, 6.45) is 0.344. The lowest BCUT2D eigenvalue weighted by atomic mass is 10.2. The topological polar surface area (TPSA) is 17.1 Å². The first-order chi connectivity index (χ1) is 4.70. The van der Waals surface area contributed by atoms with Gasteiger partial charge in [0.15, 0.2) is 0 Å². The average molecular weight is 103 g/mol. The molecule has 0 bridgehead atoms. The third kappa shape index (κ3) is 5.67. The summed E-state index contributed by atoms with van der Waals surface area (Å²) in [6, 6.07) is 0. The van der Waals surface area contributed by atoms with Gasteiger partial charge in [0, 0.05) is 10.5 Å². The van der Waals surface area contributed by atoms with E-state index in [9.17, 15) is 4.79 Å². The van der Waals surface area contributed by atoms with Crippen molar-refractivity contribution in [3.63, 3.8) is 0 Å². The van der Waals surface area contributed by atoms with Crippen LogP contribution in [0.4, 0.5) is 0 Å². The minimum atomic E-state index is -0.695. The number of carbonyl (C=O) groups is 1. The Bertz CT molecular complexity index is 97.0. The molecule has 0 aliphatic carbocycles. The maximum Gasteiger partial charge on any atom is 0.119 e. The van der Waals surface area contributed by atoms with Gasteiger partial charge in [0.25, 0.3) is 0 Å². The second-order valence-corrected chi connectivity index (χ2v) is 1.24. The van der Waals surface area contributed by atoms with Crippen LogP contribution in [-0.4, -0.2) is 6.29 Å². The number of rotatable bonds is 4. The molecule has 0 aromatic rings. The van der Waals surface area contributed by atoms with Gasteiger partial charge in [-0.1, -0.05) is 19.7 Å². The Hall–Kier alpha value is -0.330. The highest BCUT2D eigenvalue weighted by Gasteiger charge is 1.80. The van der Waals surface area contributed by atoms with Crippen molar-refractivity contribution in [2.24, 2.45) is 0 Å². The van der Waals surface area contributed by atoms with E-state index in [0.717, 1.165) is 0 Å². The zero-order valence-corrected chi connectivity index (χ0v) is 4.26. The molecule has 0 rings (SSSR count). The molecule has 0 N–H and O–H groups in total. The normalized spacial score (nSPS) is 23.7. The summed E-state index contributed by atoms with van der Waals surface area (Å²) in [5.41, 5.74) is 0. The highest BCUT2D eigenvalue weighted by Crippen LogP contribution is 1.94. The fraction of sp³-hybridized carbons (Fsp3) is 0.833. The van der Waals surface area contributed by atoms with E-state index < -0.39 is 12.8 Å². The molecule has 0 amide bonds. The molecule has 1 unspecified atom stereocenters. The van der Waals surface area contributed by atoms with Crippen molar-refractivity contribution in [2.45, 2.75) is 32.5 Å². The van der Waals surface area contributed by atoms with E-state index in [-0.39, 0.29) is 6.90 Å². The lowest BCUT2D eigenvalue weighted by Gasteiger charge is -1.85. The van der Waals surface area contributed by atoms with Gasteiger partial charge in [-0.05, 0) is 6.42 Å². The van der Waals surface area contributed by atoms with Crippen LogP contribution < -0.4 is 0 Å². The quantitative estimate of drug-likeness (QED) is 0.495. The molecule has 7 heavy (non-hydrogen) atoms. The predicted molar refractivity (Wildman–Crippen MR) is 30.2 cm³/mol. The predicted octanol–water partition coefficient (Wildman–Crippen LogP) is 1.77. The van der Waals surface area contributed by atoms with Crippen LogP contribution in [0.1, 0.15) is 36.6 Å². The summed E-state index contributed by atoms with van der Waals surface area (Å²) in [5.74, 6) is 0. The van der Waals surface area contributed by atoms with Crippen LogP contribution >= 0.6 is 0 Å². The molecule has 0 aromatic heterocycles. The van der Waals surface area contributed by atoms with Crippen LogP contribution in [-0.2, 0) is 4.79 Å². The van der Waals surface area contributed by atoms with Crippen molar-refractivity contribution in [3.8, 4) is 0 Å². The molecule has 0 radical (unpaired) electrons. The molecule has 2 atom stereocenters. The van der Waals surface area contributed by atoms with Gasteiger partial charge in [0.1, 0.15) is 6.29 Å². The van der Waals surface area contributed by atoms with E-state index in [1.165, 1.54) is 0 Å². The number of hydrogen-bond acceptors (Lipinski definition) is 1. The Morgan fingerprint density at radius 3 is 3.29 bits per heavy atom. The molecule has 0 saturated heterocycles. The van der Waals surface area contributed by atoms with Crippen molar-refractivity contribution in [2.75, 3.05) is 0 Å². The zero-order valence-electron chi connectivity index (χ0n) is 7.26. The van der Waals surface area contributed by atoms with Gasteiger partial charge < -0.3 is 4.79 Å². The van der Waals surface area contributed by atoms with Crippen molar-refractivity contribution in [3.05, 3.63) is 0 Å². The first-order valence-electron chi connectivity index (χ1n) is 4.16. The molecular weight excluding hydrogens is 88.1 g/mol. The summed E-state index contributed by atoms with van der Waals surface area (Å²) in [4.78, 5) is 9.91. The van der Waals surface area contributed by atoms with Crippen LogP contribution in [0, 0.1) is 0 Å². The molecule has 0 aliphatic rings. The van der Waals surface area contributed by atoms with Crippen molar-refractivity contribution >= 4 is 6.29 Å². The lowest BCUT2D eigenvalue weighted by molar-refractivity contribution is -0.107. The Morgan fingerprint density at radius 2 is 2.71 bits per heavy atom. The molecule has 0 aromatic carbocycles. The highest BCUT2D eigenvalue weighted by molar-refractivity contribution is 5.48. The molecule has 42 valence electrons. The van der Waals surface area contributed by atoms with Gasteiger partial charge >= 0.3 is 0 Å². The van der Waals surface area contributed by atoms with Crippen LogP contribution in [0.25, 0.3) is 0 Å². The molecule has 0 aliphatic heterocycles. The smallest absolute Gasteiger partial charge is 0.119 e. The molecule has 0 spiro atoms. The maximum atomic E-state index is 9.91.